The molecule has 0 atom stereocenters. The summed E-state index contributed by atoms with van der Waals surface area (Å²) in [4.78, 5) is 21.3. The monoisotopic (exact) mass is 337 g/mol. The molecule has 1 fully saturated rings. The third kappa shape index (κ3) is 3.66. The van der Waals surface area contributed by atoms with Gasteiger partial charge < -0.3 is 9.64 Å². The number of aromatic nitrogens is 1. The standard InChI is InChI=1S/C20H23N3O2/c24-20(23-9-3-4-10-23)16-6-7-19-17(13-16)14-22(11-12-25-19)15-18-5-1-2-8-21-18/h1-2,5-8,13H,3-4,9-12,14-15H2. The molecule has 0 aliphatic carbocycles. The quantitative estimate of drug-likeness (QED) is 0.864. The average molecular weight is 337 g/mol. The Kier molecular flexibility index (Phi) is 4.65. The lowest BCUT2D eigenvalue weighted by Gasteiger charge is -2.19. The van der Waals surface area contributed by atoms with E-state index in [9.17, 15) is 4.79 Å². The molecular weight excluding hydrogens is 314 g/mol. The van der Waals surface area contributed by atoms with E-state index in [0.717, 1.165) is 68.1 Å². The van der Waals surface area contributed by atoms with Gasteiger partial charge in [-0.25, -0.2) is 0 Å². The van der Waals surface area contributed by atoms with Crippen LogP contribution in [0.2, 0.25) is 0 Å². The maximum atomic E-state index is 12.7. The topological polar surface area (TPSA) is 45.7 Å². The Labute approximate surface area is 148 Å². The number of hydrogen-bond donors (Lipinski definition) is 0. The van der Waals surface area contributed by atoms with Gasteiger partial charge in [0.05, 0.1) is 5.69 Å². The van der Waals surface area contributed by atoms with Crippen LogP contribution in [0.25, 0.3) is 0 Å². The summed E-state index contributed by atoms with van der Waals surface area (Å²) in [5.74, 6) is 1.03. The average Bonchev–Trinajstić information content (AvgIpc) is 3.10. The minimum atomic E-state index is 0.140. The van der Waals surface area contributed by atoms with Crippen molar-refractivity contribution in [3.05, 3.63) is 59.4 Å². The molecule has 2 aliphatic rings. The number of nitrogens with zero attached hydrogens (tertiary/aromatic N) is 3. The highest BCUT2D eigenvalue weighted by atomic mass is 16.5. The smallest absolute Gasteiger partial charge is 0.253 e. The van der Waals surface area contributed by atoms with Crippen molar-refractivity contribution < 1.29 is 9.53 Å². The number of ether oxygens (including phenoxy) is 1. The first-order valence-electron chi connectivity index (χ1n) is 8.97. The summed E-state index contributed by atoms with van der Waals surface area (Å²) in [6, 6.07) is 11.8. The first-order valence-corrected chi connectivity index (χ1v) is 8.97. The second-order valence-electron chi connectivity index (χ2n) is 6.70. The molecule has 25 heavy (non-hydrogen) atoms. The summed E-state index contributed by atoms with van der Waals surface area (Å²) in [7, 11) is 0. The van der Waals surface area contributed by atoms with Crippen LogP contribution in [-0.2, 0) is 13.1 Å². The van der Waals surface area contributed by atoms with Gasteiger partial charge in [0.2, 0.25) is 0 Å². The van der Waals surface area contributed by atoms with E-state index < -0.39 is 0 Å². The highest BCUT2D eigenvalue weighted by molar-refractivity contribution is 5.94. The number of pyridine rings is 1. The molecule has 5 heteroatoms. The fraction of sp³-hybridized carbons (Fsp3) is 0.400. The number of benzene rings is 1. The third-order valence-electron chi connectivity index (χ3n) is 4.87. The van der Waals surface area contributed by atoms with E-state index in [0.29, 0.717) is 6.61 Å². The number of carbonyl (C=O) groups excluding carboxylic acids is 1. The van der Waals surface area contributed by atoms with Gasteiger partial charge in [0.15, 0.2) is 0 Å². The van der Waals surface area contributed by atoms with Gasteiger partial charge in [-0.2, -0.15) is 0 Å². The zero-order valence-electron chi connectivity index (χ0n) is 14.4. The van der Waals surface area contributed by atoms with Crippen molar-refractivity contribution in [3.8, 4) is 5.75 Å². The Bertz CT molecular complexity index is 742. The molecule has 0 unspecified atom stereocenters. The second-order valence-corrected chi connectivity index (χ2v) is 6.70. The highest BCUT2D eigenvalue weighted by Gasteiger charge is 2.22. The van der Waals surface area contributed by atoms with Crippen molar-refractivity contribution >= 4 is 5.91 Å². The van der Waals surface area contributed by atoms with Crippen LogP contribution in [-0.4, -0.2) is 46.9 Å². The van der Waals surface area contributed by atoms with E-state index in [2.05, 4.69) is 9.88 Å². The van der Waals surface area contributed by atoms with Crippen LogP contribution in [0, 0.1) is 0 Å². The normalized spacial score (nSPS) is 17.7. The number of fused-ring (bicyclic) bond motifs is 1. The van der Waals surface area contributed by atoms with Crippen molar-refractivity contribution in [2.75, 3.05) is 26.2 Å². The summed E-state index contributed by atoms with van der Waals surface area (Å²) >= 11 is 0. The fourth-order valence-corrected chi connectivity index (χ4v) is 3.54. The zero-order chi connectivity index (χ0) is 17.1. The van der Waals surface area contributed by atoms with Crippen LogP contribution in [0.4, 0.5) is 0 Å². The molecule has 0 bridgehead atoms. The summed E-state index contributed by atoms with van der Waals surface area (Å²) in [5, 5.41) is 0. The summed E-state index contributed by atoms with van der Waals surface area (Å²) in [6.45, 7) is 4.80. The van der Waals surface area contributed by atoms with Gasteiger partial charge in [0.25, 0.3) is 5.91 Å². The van der Waals surface area contributed by atoms with Crippen LogP contribution in [0.3, 0.4) is 0 Å². The van der Waals surface area contributed by atoms with Crippen molar-refractivity contribution in [2.45, 2.75) is 25.9 Å². The predicted octanol–water partition coefficient (Wildman–Crippen LogP) is 2.71. The van der Waals surface area contributed by atoms with E-state index in [1.165, 1.54) is 0 Å². The lowest BCUT2D eigenvalue weighted by molar-refractivity contribution is 0.0792. The van der Waals surface area contributed by atoms with Gasteiger partial charge >= 0.3 is 0 Å². The van der Waals surface area contributed by atoms with Crippen molar-refractivity contribution in [2.24, 2.45) is 0 Å². The molecule has 0 radical (unpaired) electrons. The Morgan fingerprint density at radius 3 is 2.80 bits per heavy atom. The molecule has 130 valence electrons. The Morgan fingerprint density at radius 1 is 1.12 bits per heavy atom. The number of amides is 1. The van der Waals surface area contributed by atoms with E-state index in [4.69, 9.17) is 4.74 Å². The van der Waals surface area contributed by atoms with Crippen LogP contribution in [0.5, 0.6) is 5.75 Å². The van der Waals surface area contributed by atoms with E-state index in [-0.39, 0.29) is 5.91 Å². The number of rotatable bonds is 3. The van der Waals surface area contributed by atoms with Crippen molar-refractivity contribution in [3.63, 3.8) is 0 Å². The summed E-state index contributed by atoms with van der Waals surface area (Å²) < 4.78 is 5.89. The van der Waals surface area contributed by atoms with Crippen LogP contribution in [0.15, 0.2) is 42.6 Å². The third-order valence-corrected chi connectivity index (χ3v) is 4.87. The highest BCUT2D eigenvalue weighted by Crippen LogP contribution is 2.26. The summed E-state index contributed by atoms with van der Waals surface area (Å²) in [6.07, 6.45) is 4.04. The molecule has 1 saturated heterocycles. The van der Waals surface area contributed by atoms with E-state index in [1.54, 1.807) is 0 Å². The molecule has 1 aromatic heterocycles. The van der Waals surface area contributed by atoms with E-state index in [1.807, 2.05) is 47.5 Å². The van der Waals surface area contributed by atoms with Crippen molar-refractivity contribution in [1.29, 1.82) is 0 Å². The molecule has 2 aromatic rings. The lowest BCUT2D eigenvalue weighted by atomic mass is 10.1. The molecular formula is C20H23N3O2. The van der Waals surface area contributed by atoms with Gasteiger partial charge in [-0.3, -0.25) is 14.7 Å². The lowest BCUT2D eigenvalue weighted by Crippen LogP contribution is -2.28. The Morgan fingerprint density at radius 2 is 2.00 bits per heavy atom. The van der Waals surface area contributed by atoms with E-state index >= 15 is 0 Å². The maximum absolute atomic E-state index is 12.7. The molecule has 4 rings (SSSR count). The van der Waals surface area contributed by atoms with Crippen LogP contribution in [0.1, 0.15) is 34.5 Å². The first-order chi connectivity index (χ1) is 12.3. The van der Waals surface area contributed by atoms with Gasteiger partial charge in [-0.05, 0) is 43.2 Å². The largest absolute Gasteiger partial charge is 0.492 e. The second kappa shape index (κ2) is 7.23. The SMILES string of the molecule is O=C(c1ccc2c(c1)CN(Cc1ccccn1)CCO2)N1CCCC1. The first kappa shape index (κ1) is 16.1. The Hall–Kier alpha value is -2.40. The van der Waals surface area contributed by atoms with Crippen LogP contribution < -0.4 is 4.74 Å². The number of likely N-dealkylation sites (tertiary alicyclic amines) is 1. The molecule has 0 spiro atoms. The minimum absolute atomic E-state index is 0.140. The fourth-order valence-electron chi connectivity index (χ4n) is 3.54. The van der Waals surface area contributed by atoms with Gasteiger partial charge in [0, 0.05) is 50.0 Å². The Balaban J connectivity index is 1.53. The number of carbonyl (C=O) groups is 1. The molecule has 1 amide bonds. The molecule has 0 N–H and O–H groups in total. The molecule has 1 aromatic carbocycles. The predicted molar refractivity (Wildman–Crippen MR) is 95.4 cm³/mol. The zero-order valence-corrected chi connectivity index (χ0v) is 14.4. The van der Waals surface area contributed by atoms with Gasteiger partial charge in [-0.15, -0.1) is 0 Å². The number of hydrogen-bond acceptors (Lipinski definition) is 4. The molecule has 0 saturated carbocycles. The minimum Gasteiger partial charge on any atom is -0.492 e. The van der Waals surface area contributed by atoms with Gasteiger partial charge in [-0.1, -0.05) is 6.07 Å². The van der Waals surface area contributed by atoms with Crippen molar-refractivity contribution in [1.82, 2.24) is 14.8 Å². The maximum Gasteiger partial charge on any atom is 0.253 e. The summed E-state index contributed by atoms with van der Waals surface area (Å²) in [5.41, 5.74) is 2.90. The molecule has 2 aliphatic heterocycles. The van der Waals surface area contributed by atoms with Gasteiger partial charge in [0.1, 0.15) is 12.4 Å². The molecule has 3 heterocycles. The van der Waals surface area contributed by atoms with Crippen LogP contribution >= 0.6 is 0 Å². The molecule has 5 nitrogen and oxygen atoms in total.